The van der Waals surface area contributed by atoms with Gasteiger partial charge >= 0.3 is 0 Å². The summed E-state index contributed by atoms with van der Waals surface area (Å²) in [6.07, 6.45) is 2.54. The lowest BCUT2D eigenvalue weighted by Gasteiger charge is -2.25. The topological polar surface area (TPSA) is 15.3 Å². The fraction of sp³-hybridized carbons (Fsp3) is 0.625. The Bertz CT molecular complexity index is 359. The minimum absolute atomic E-state index is 0.202. The fourth-order valence-electron chi connectivity index (χ4n) is 2.82. The van der Waals surface area contributed by atoms with Crippen molar-refractivity contribution in [1.82, 2.24) is 10.2 Å². The van der Waals surface area contributed by atoms with Crippen LogP contribution >= 0.6 is 0 Å². The molecular weight excluding hydrogens is 220 g/mol. The molecule has 18 heavy (non-hydrogen) atoms. The first-order valence-electron chi connectivity index (χ1n) is 7.24. The highest BCUT2D eigenvalue weighted by atomic mass is 15.1. The molecule has 0 aliphatic carbocycles. The second kappa shape index (κ2) is 5.85. The zero-order chi connectivity index (χ0) is 13.0. The first kappa shape index (κ1) is 13.6. The van der Waals surface area contributed by atoms with Crippen LogP contribution in [0.25, 0.3) is 0 Å². The molecule has 0 saturated carbocycles. The van der Waals surface area contributed by atoms with E-state index < -0.39 is 0 Å². The number of rotatable bonds is 5. The Morgan fingerprint density at radius 1 is 1.17 bits per heavy atom. The molecule has 0 aromatic heterocycles. The Balaban J connectivity index is 2.05. The van der Waals surface area contributed by atoms with Gasteiger partial charge in [-0.2, -0.15) is 0 Å². The SMILES string of the molecule is CCN(CC)Cc1ccc(C2(C)CCCN2)cc1. The summed E-state index contributed by atoms with van der Waals surface area (Å²) in [6, 6.07) is 9.19. The lowest BCUT2D eigenvalue weighted by Crippen LogP contribution is -2.33. The number of hydrogen-bond acceptors (Lipinski definition) is 2. The summed E-state index contributed by atoms with van der Waals surface area (Å²) < 4.78 is 0. The molecule has 1 aliphatic rings. The third-order valence-electron chi connectivity index (χ3n) is 4.26. The van der Waals surface area contributed by atoms with Gasteiger partial charge in [0, 0.05) is 12.1 Å². The zero-order valence-electron chi connectivity index (χ0n) is 12.0. The van der Waals surface area contributed by atoms with Gasteiger partial charge in [0.05, 0.1) is 0 Å². The molecule has 1 atom stereocenters. The normalized spacial score (nSPS) is 23.8. The monoisotopic (exact) mass is 246 g/mol. The molecule has 1 aliphatic heterocycles. The summed E-state index contributed by atoms with van der Waals surface area (Å²) in [5, 5.41) is 3.62. The van der Waals surface area contributed by atoms with Crippen molar-refractivity contribution in [2.75, 3.05) is 19.6 Å². The predicted molar refractivity (Wildman–Crippen MR) is 77.7 cm³/mol. The van der Waals surface area contributed by atoms with E-state index in [1.807, 2.05) is 0 Å². The molecule has 1 fully saturated rings. The molecule has 1 unspecified atom stereocenters. The van der Waals surface area contributed by atoms with Crippen LogP contribution in [0, 0.1) is 0 Å². The van der Waals surface area contributed by atoms with Gasteiger partial charge in [-0.05, 0) is 50.5 Å². The summed E-state index contributed by atoms with van der Waals surface area (Å²) in [5.41, 5.74) is 3.06. The summed E-state index contributed by atoms with van der Waals surface area (Å²) in [4.78, 5) is 2.45. The van der Waals surface area contributed by atoms with Crippen molar-refractivity contribution in [3.8, 4) is 0 Å². The molecule has 1 aromatic carbocycles. The molecule has 1 N–H and O–H groups in total. The van der Waals surface area contributed by atoms with Crippen LogP contribution in [0.4, 0.5) is 0 Å². The van der Waals surface area contributed by atoms with Gasteiger partial charge in [0.15, 0.2) is 0 Å². The van der Waals surface area contributed by atoms with Crippen molar-refractivity contribution < 1.29 is 0 Å². The minimum atomic E-state index is 0.202. The molecular formula is C16H26N2. The van der Waals surface area contributed by atoms with E-state index in [0.717, 1.165) is 26.2 Å². The number of benzene rings is 1. The zero-order valence-corrected chi connectivity index (χ0v) is 12.0. The van der Waals surface area contributed by atoms with Crippen molar-refractivity contribution in [3.63, 3.8) is 0 Å². The molecule has 1 saturated heterocycles. The Morgan fingerprint density at radius 2 is 1.83 bits per heavy atom. The molecule has 0 bridgehead atoms. The van der Waals surface area contributed by atoms with E-state index in [2.05, 4.69) is 55.3 Å². The first-order chi connectivity index (χ1) is 8.68. The predicted octanol–water partition coefficient (Wildman–Crippen LogP) is 3.13. The van der Waals surface area contributed by atoms with Crippen molar-refractivity contribution in [2.45, 2.75) is 45.7 Å². The molecule has 2 nitrogen and oxygen atoms in total. The Hall–Kier alpha value is -0.860. The van der Waals surface area contributed by atoms with Crippen LogP contribution in [-0.2, 0) is 12.1 Å². The van der Waals surface area contributed by atoms with E-state index in [1.165, 1.54) is 24.0 Å². The van der Waals surface area contributed by atoms with Crippen LogP contribution in [0.3, 0.4) is 0 Å². The smallest absolute Gasteiger partial charge is 0.0406 e. The quantitative estimate of drug-likeness (QED) is 0.858. The standard InChI is InChI=1S/C16H26N2/c1-4-18(5-2)13-14-7-9-15(10-8-14)16(3)11-6-12-17-16/h7-10,17H,4-6,11-13H2,1-3H3. The summed E-state index contributed by atoms with van der Waals surface area (Å²) in [6.45, 7) is 11.2. The van der Waals surface area contributed by atoms with Crippen molar-refractivity contribution in [2.24, 2.45) is 0 Å². The molecule has 0 radical (unpaired) electrons. The molecule has 0 spiro atoms. The van der Waals surface area contributed by atoms with E-state index in [4.69, 9.17) is 0 Å². The van der Waals surface area contributed by atoms with E-state index in [-0.39, 0.29) is 5.54 Å². The molecule has 100 valence electrons. The van der Waals surface area contributed by atoms with Gasteiger partial charge in [-0.15, -0.1) is 0 Å². The van der Waals surface area contributed by atoms with Crippen molar-refractivity contribution >= 4 is 0 Å². The highest BCUT2D eigenvalue weighted by molar-refractivity contribution is 5.29. The minimum Gasteiger partial charge on any atom is -0.308 e. The van der Waals surface area contributed by atoms with Crippen LogP contribution in [-0.4, -0.2) is 24.5 Å². The molecule has 2 rings (SSSR count). The second-order valence-electron chi connectivity index (χ2n) is 5.52. The summed E-state index contributed by atoms with van der Waals surface area (Å²) in [5.74, 6) is 0. The number of hydrogen-bond donors (Lipinski definition) is 1. The molecule has 2 heteroatoms. The number of nitrogens with zero attached hydrogens (tertiary/aromatic N) is 1. The Kier molecular flexibility index (Phi) is 4.41. The maximum atomic E-state index is 3.62. The molecule has 0 amide bonds. The summed E-state index contributed by atoms with van der Waals surface area (Å²) >= 11 is 0. The van der Waals surface area contributed by atoms with Crippen LogP contribution < -0.4 is 5.32 Å². The second-order valence-corrected chi connectivity index (χ2v) is 5.52. The Labute approximate surface area is 111 Å². The number of nitrogens with one attached hydrogen (secondary N) is 1. The average molecular weight is 246 g/mol. The third-order valence-corrected chi connectivity index (χ3v) is 4.26. The van der Waals surface area contributed by atoms with E-state index in [1.54, 1.807) is 0 Å². The largest absolute Gasteiger partial charge is 0.308 e. The van der Waals surface area contributed by atoms with Gasteiger partial charge in [0.1, 0.15) is 0 Å². The average Bonchev–Trinajstić information content (AvgIpc) is 2.85. The molecule has 1 heterocycles. The van der Waals surface area contributed by atoms with Gasteiger partial charge < -0.3 is 5.32 Å². The van der Waals surface area contributed by atoms with E-state index >= 15 is 0 Å². The van der Waals surface area contributed by atoms with Crippen LogP contribution in [0.2, 0.25) is 0 Å². The van der Waals surface area contributed by atoms with Crippen LogP contribution in [0.15, 0.2) is 24.3 Å². The fourth-order valence-corrected chi connectivity index (χ4v) is 2.82. The third kappa shape index (κ3) is 2.93. The highest BCUT2D eigenvalue weighted by Gasteiger charge is 2.29. The van der Waals surface area contributed by atoms with Gasteiger partial charge in [-0.1, -0.05) is 38.1 Å². The lowest BCUT2D eigenvalue weighted by molar-refractivity contribution is 0.296. The van der Waals surface area contributed by atoms with Gasteiger partial charge in [0.2, 0.25) is 0 Å². The maximum Gasteiger partial charge on any atom is 0.0406 e. The Morgan fingerprint density at radius 3 is 2.33 bits per heavy atom. The summed E-state index contributed by atoms with van der Waals surface area (Å²) in [7, 11) is 0. The van der Waals surface area contributed by atoms with Gasteiger partial charge in [-0.25, -0.2) is 0 Å². The van der Waals surface area contributed by atoms with Crippen molar-refractivity contribution in [3.05, 3.63) is 35.4 Å². The van der Waals surface area contributed by atoms with Gasteiger partial charge in [0.25, 0.3) is 0 Å². The lowest BCUT2D eigenvalue weighted by atomic mass is 9.90. The van der Waals surface area contributed by atoms with Gasteiger partial charge in [-0.3, -0.25) is 4.90 Å². The maximum absolute atomic E-state index is 3.62. The van der Waals surface area contributed by atoms with Crippen LogP contribution in [0.1, 0.15) is 44.7 Å². The van der Waals surface area contributed by atoms with E-state index in [0.29, 0.717) is 0 Å². The van der Waals surface area contributed by atoms with Crippen LogP contribution in [0.5, 0.6) is 0 Å². The van der Waals surface area contributed by atoms with E-state index in [9.17, 15) is 0 Å². The van der Waals surface area contributed by atoms with Crippen molar-refractivity contribution in [1.29, 1.82) is 0 Å². The first-order valence-corrected chi connectivity index (χ1v) is 7.24. The highest BCUT2D eigenvalue weighted by Crippen LogP contribution is 2.30. The molecule has 1 aromatic rings.